The molecule has 0 saturated heterocycles. The second kappa shape index (κ2) is 5.28. The third kappa shape index (κ3) is 2.02. The molecule has 1 aromatic heterocycles. The molecule has 0 amide bonds. The number of rotatable bonds is 3. The van der Waals surface area contributed by atoms with Crippen LogP contribution < -0.4 is 0 Å². The SMILES string of the molecule is Cc1nn(-c2ccccc2)c2c1C(=O)C1(C(C(=O)O)C1C(=O)O)C(C)(C)C2. The summed E-state index contributed by atoms with van der Waals surface area (Å²) in [5.74, 6) is -5.32. The first-order valence-corrected chi connectivity index (χ1v) is 8.79. The van der Waals surface area contributed by atoms with Gasteiger partial charge in [-0.2, -0.15) is 5.10 Å². The van der Waals surface area contributed by atoms with Crippen molar-refractivity contribution in [2.24, 2.45) is 22.7 Å². The van der Waals surface area contributed by atoms with Gasteiger partial charge >= 0.3 is 11.9 Å². The number of nitrogens with zero attached hydrogens (tertiary/aromatic N) is 2. The standard InChI is InChI=1S/C20H20N2O5/c1-10-13-12(22(21-10)11-7-5-4-6-8-11)9-19(2,3)20(16(13)23)14(17(24)25)15(20)18(26)27/h4-8,14-15H,9H2,1-3H3,(H,24,25)(H,26,27). The quantitative estimate of drug-likeness (QED) is 0.861. The molecule has 4 rings (SSSR count). The number of aryl methyl sites for hydroxylation is 1. The van der Waals surface area contributed by atoms with Crippen molar-refractivity contribution < 1.29 is 24.6 Å². The van der Waals surface area contributed by atoms with Gasteiger partial charge in [0.05, 0.1) is 39.9 Å². The number of para-hydroxylation sites is 1. The zero-order valence-corrected chi connectivity index (χ0v) is 15.3. The van der Waals surface area contributed by atoms with Gasteiger partial charge < -0.3 is 10.2 Å². The maximum absolute atomic E-state index is 13.5. The van der Waals surface area contributed by atoms with E-state index in [1.165, 1.54) is 0 Å². The molecule has 27 heavy (non-hydrogen) atoms. The van der Waals surface area contributed by atoms with E-state index in [0.29, 0.717) is 23.4 Å². The molecule has 2 atom stereocenters. The molecule has 2 aliphatic rings. The van der Waals surface area contributed by atoms with E-state index in [2.05, 4.69) is 5.10 Å². The van der Waals surface area contributed by atoms with Crippen LogP contribution >= 0.6 is 0 Å². The zero-order chi connectivity index (χ0) is 19.7. The van der Waals surface area contributed by atoms with Crippen LogP contribution in [0.3, 0.4) is 0 Å². The predicted molar refractivity (Wildman–Crippen MR) is 94.8 cm³/mol. The summed E-state index contributed by atoms with van der Waals surface area (Å²) in [6.45, 7) is 5.27. The Morgan fingerprint density at radius 1 is 1.11 bits per heavy atom. The van der Waals surface area contributed by atoms with E-state index >= 15 is 0 Å². The van der Waals surface area contributed by atoms with Crippen molar-refractivity contribution in [1.29, 1.82) is 0 Å². The topological polar surface area (TPSA) is 109 Å². The average molecular weight is 368 g/mol. The summed E-state index contributed by atoms with van der Waals surface area (Å²) >= 11 is 0. The number of aliphatic carboxylic acids is 2. The summed E-state index contributed by atoms with van der Waals surface area (Å²) in [5, 5.41) is 23.7. The highest BCUT2D eigenvalue weighted by Gasteiger charge is 2.82. The van der Waals surface area contributed by atoms with Crippen molar-refractivity contribution in [3.05, 3.63) is 47.3 Å². The molecule has 0 aliphatic heterocycles. The van der Waals surface area contributed by atoms with Crippen LogP contribution in [0.15, 0.2) is 30.3 Å². The number of hydrogen-bond donors (Lipinski definition) is 2. The summed E-state index contributed by atoms with van der Waals surface area (Å²) in [6.07, 6.45) is 0.372. The van der Waals surface area contributed by atoms with E-state index in [1.54, 1.807) is 25.5 Å². The highest BCUT2D eigenvalue weighted by Crippen LogP contribution is 2.72. The van der Waals surface area contributed by atoms with Gasteiger partial charge in [0.25, 0.3) is 0 Å². The second-order valence-electron chi connectivity index (χ2n) is 8.05. The Morgan fingerprint density at radius 2 is 1.67 bits per heavy atom. The lowest BCUT2D eigenvalue weighted by molar-refractivity contribution is -0.144. The molecule has 1 fully saturated rings. The lowest BCUT2D eigenvalue weighted by Gasteiger charge is -2.39. The molecule has 1 saturated carbocycles. The Kier molecular flexibility index (Phi) is 3.41. The van der Waals surface area contributed by atoms with Gasteiger partial charge in [0, 0.05) is 0 Å². The Morgan fingerprint density at radius 3 is 2.19 bits per heavy atom. The molecular formula is C20H20N2O5. The van der Waals surface area contributed by atoms with Crippen molar-refractivity contribution >= 4 is 17.7 Å². The summed E-state index contributed by atoms with van der Waals surface area (Å²) in [5.41, 5.74) is 0.109. The molecule has 7 nitrogen and oxygen atoms in total. The molecule has 1 heterocycles. The van der Waals surface area contributed by atoms with Crippen LogP contribution in [-0.2, 0) is 16.0 Å². The minimum atomic E-state index is -1.44. The fourth-order valence-electron chi connectivity index (χ4n) is 5.08. The number of benzene rings is 1. The van der Waals surface area contributed by atoms with E-state index in [9.17, 15) is 24.6 Å². The molecule has 0 bridgehead atoms. The fraction of sp³-hybridized carbons (Fsp3) is 0.400. The Hall–Kier alpha value is -2.96. The van der Waals surface area contributed by atoms with E-state index < -0.39 is 40.4 Å². The summed E-state index contributed by atoms with van der Waals surface area (Å²) in [7, 11) is 0. The van der Waals surface area contributed by atoms with E-state index in [4.69, 9.17) is 0 Å². The Balaban J connectivity index is 1.93. The molecular weight excluding hydrogens is 348 g/mol. The van der Waals surface area contributed by atoms with Gasteiger partial charge in [0.1, 0.15) is 0 Å². The van der Waals surface area contributed by atoms with Crippen molar-refractivity contribution in [2.75, 3.05) is 0 Å². The van der Waals surface area contributed by atoms with Gasteiger partial charge in [0.15, 0.2) is 5.78 Å². The number of aromatic nitrogens is 2. The molecule has 140 valence electrons. The molecule has 0 radical (unpaired) electrons. The molecule has 2 N–H and O–H groups in total. The van der Waals surface area contributed by atoms with E-state index in [0.717, 1.165) is 5.69 Å². The number of carboxylic acid groups (broad SMARTS) is 2. The monoisotopic (exact) mass is 368 g/mol. The van der Waals surface area contributed by atoms with Crippen LogP contribution in [0.2, 0.25) is 0 Å². The van der Waals surface area contributed by atoms with Crippen LogP contribution in [0.4, 0.5) is 0 Å². The second-order valence-corrected chi connectivity index (χ2v) is 8.05. The van der Waals surface area contributed by atoms with Crippen LogP contribution in [0, 0.1) is 29.6 Å². The van der Waals surface area contributed by atoms with Crippen molar-refractivity contribution in [3.63, 3.8) is 0 Å². The summed E-state index contributed by atoms with van der Waals surface area (Å²) < 4.78 is 1.71. The first kappa shape index (κ1) is 17.5. The number of fused-ring (bicyclic) bond motifs is 1. The number of ketones is 1. The third-order valence-electron chi connectivity index (χ3n) is 6.23. The molecule has 2 aromatic rings. The van der Waals surface area contributed by atoms with Crippen LogP contribution in [-0.4, -0.2) is 37.7 Å². The van der Waals surface area contributed by atoms with Gasteiger partial charge in [-0.15, -0.1) is 0 Å². The van der Waals surface area contributed by atoms with Gasteiger partial charge in [-0.25, -0.2) is 4.68 Å². The molecule has 2 unspecified atom stereocenters. The molecule has 1 aromatic carbocycles. The lowest BCUT2D eigenvalue weighted by atomic mass is 9.62. The zero-order valence-electron chi connectivity index (χ0n) is 15.3. The van der Waals surface area contributed by atoms with Gasteiger partial charge in [-0.3, -0.25) is 14.4 Å². The van der Waals surface area contributed by atoms with Gasteiger partial charge in [-0.05, 0) is 30.9 Å². The van der Waals surface area contributed by atoms with Gasteiger partial charge in [-0.1, -0.05) is 32.0 Å². The predicted octanol–water partition coefficient (Wildman–Crippen LogP) is 2.35. The number of hydrogen-bond acceptors (Lipinski definition) is 4. The van der Waals surface area contributed by atoms with Gasteiger partial charge in [0.2, 0.25) is 0 Å². The third-order valence-corrected chi connectivity index (χ3v) is 6.23. The summed E-state index contributed by atoms with van der Waals surface area (Å²) in [4.78, 5) is 37.1. The van der Waals surface area contributed by atoms with E-state index in [1.807, 2.05) is 30.3 Å². The van der Waals surface area contributed by atoms with Crippen LogP contribution in [0.25, 0.3) is 5.69 Å². The highest BCUT2D eigenvalue weighted by molar-refractivity contribution is 6.13. The number of carboxylic acids is 2. The fourth-order valence-corrected chi connectivity index (χ4v) is 5.08. The average Bonchev–Trinajstić information content (AvgIpc) is 3.22. The number of carbonyl (C=O) groups is 3. The molecule has 2 aliphatic carbocycles. The number of Topliss-reactive ketones (excluding diaryl/α,β-unsaturated/α-hetero) is 1. The molecule has 1 spiro atoms. The largest absolute Gasteiger partial charge is 0.481 e. The maximum Gasteiger partial charge on any atom is 0.308 e. The van der Waals surface area contributed by atoms with Crippen LogP contribution in [0.5, 0.6) is 0 Å². The lowest BCUT2D eigenvalue weighted by Crippen LogP contribution is -2.44. The first-order chi connectivity index (χ1) is 12.6. The van der Waals surface area contributed by atoms with Crippen LogP contribution in [0.1, 0.15) is 35.6 Å². The van der Waals surface area contributed by atoms with Crippen molar-refractivity contribution in [1.82, 2.24) is 9.78 Å². The normalized spacial score (nSPS) is 28.0. The summed E-state index contributed by atoms with van der Waals surface area (Å²) in [6, 6.07) is 9.39. The number of carbonyl (C=O) groups excluding carboxylic acids is 1. The smallest absolute Gasteiger partial charge is 0.308 e. The van der Waals surface area contributed by atoms with Crippen molar-refractivity contribution in [2.45, 2.75) is 27.2 Å². The minimum Gasteiger partial charge on any atom is -0.481 e. The van der Waals surface area contributed by atoms with E-state index in [-0.39, 0.29) is 0 Å². The Bertz CT molecular complexity index is 969. The molecule has 7 heteroatoms. The van der Waals surface area contributed by atoms with Crippen molar-refractivity contribution in [3.8, 4) is 5.69 Å². The maximum atomic E-state index is 13.5. The highest BCUT2D eigenvalue weighted by atomic mass is 16.4. The first-order valence-electron chi connectivity index (χ1n) is 8.79. The Labute approximate surface area is 155 Å². The minimum absolute atomic E-state index is 0.369.